The summed E-state index contributed by atoms with van der Waals surface area (Å²) in [7, 11) is 4.32. The summed E-state index contributed by atoms with van der Waals surface area (Å²) in [6, 6.07) is 6.28. The van der Waals surface area contributed by atoms with Gasteiger partial charge >= 0.3 is 5.97 Å². The summed E-state index contributed by atoms with van der Waals surface area (Å²) in [6.07, 6.45) is 7.68. The van der Waals surface area contributed by atoms with Gasteiger partial charge in [-0.1, -0.05) is 6.07 Å². The lowest BCUT2D eigenvalue weighted by atomic mass is 9.83. The maximum Gasteiger partial charge on any atom is 0.339 e. The molecule has 0 saturated carbocycles. The molecule has 1 aromatic carbocycles. The highest BCUT2D eigenvalue weighted by atomic mass is 16.6. The number of H-pyrrole nitrogens is 1. The number of fused-ring (bicyclic) bond motifs is 3. The number of hydrogen-bond donors (Lipinski definition) is 1. The predicted molar refractivity (Wildman–Crippen MR) is 140 cm³/mol. The van der Waals surface area contributed by atoms with Crippen molar-refractivity contribution < 1.29 is 9.53 Å². The molecule has 0 atom stereocenters. The van der Waals surface area contributed by atoms with Crippen molar-refractivity contribution in [1.29, 1.82) is 0 Å². The first kappa shape index (κ1) is 23.5. The van der Waals surface area contributed by atoms with Gasteiger partial charge in [0.25, 0.3) is 5.56 Å². The van der Waals surface area contributed by atoms with E-state index in [1.165, 1.54) is 12.8 Å². The van der Waals surface area contributed by atoms with Crippen molar-refractivity contribution in [2.45, 2.75) is 57.0 Å². The number of esters is 1. The standard InChI is InChI=1S/C28H37N5O3/c1-31-13-9-19(10-14-31)18-32(2)20-7-8-23-22(17-20)26(35)36-28(23)11-15-33(16-12-28)27-29-24-6-4-3-5-21(24)25(34)30-27/h7-8,17,19H,3-6,9-16,18H2,1-2H3,(H,29,30,34). The van der Waals surface area contributed by atoms with Crippen LogP contribution in [0, 0.1) is 5.92 Å². The minimum absolute atomic E-state index is 0.00419. The number of ether oxygens (including phenoxy) is 1. The molecule has 1 spiro atoms. The average Bonchev–Trinajstić information content (AvgIpc) is 3.16. The van der Waals surface area contributed by atoms with E-state index in [0.29, 0.717) is 43.4 Å². The highest BCUT2D eigenvalue weighted by molar-refractivity contribution is 5.96. The Morgan fingerprint density at radius 3 is 2.64 bits per heavy atom. The fourth-order valence-corrected chi connectivity index (χ4v) is 6.55. The van der Waals surface area contributed by atoms with Crippen LogP contribution in [0.3, 0.4) is 0 Å². The topological polar surface area (TPSA) is 81.8 Å². The number of benzene rings is 1. The number of aromatic nitrogens is 2. The highest BCUT2D eigenvalue weighted by Crippen LogP contribution is 2.45. The van der Waals surface area contributed by atoms with Crippen LogP contribution in [0.1, 0.15) is 65.7 Å². The van der Waals surface area contributed by atoms with Gasteiger partial charge in [-0.05, 0) is 76.7 Å². The SMILES string of the molecule is CN1CCC(CN(C)c2ccc3c(c2)C(=O)OC32CCN(c3nc4c(c(=O)[nH]3)CCCC4)CC2)CC1. The van der Waals surface area contributed by atoms with Crippen molar-refractivity contribution in [3.8, 4) is 0 Å². The van der Waals surface area contributed by atoms with Crippen LogP contribution in [-0.2, 0) is 23.2 Å². The molecule has 0 bridgehead atoms. The van der Waals surface area contributed by atoms with Crippen molar-refractivity contribution in [1.82, 2.24) is 14.9 Å². The monoisotopic (exact) mass is 491 g/mol. The summed E-state index contributed by atoms with van der Waals surface area (Å²) in [5.41, 5.74) is 4.03. The summed E-state index contributed by atoms with van der Waals surface area (Å²) in [5.74, 6) is 1.13. The quantitative estimate of drug-likeness (QED) is 0.658. The average molecular weight is 492 g/mol. The van der Waals surface area contributed by atoms with Gasteiger partial charge in [-0.2, -0.15) is 0 Å². The van der Waals surface area contributed by atoms with Gasteiger partial charge in [0, 0.05) is 56.3 Å². The molecule has 0 amide bonds. The summed E-state index contributed by atoms with van der Waals surface area (Å²) in [6.45, 7) is 4.69. The van der Waals surface area contributed by atoms with E-state index in [2.05, 4.69) is 45.9 Å². The second-order valence-corrected chi connectivity index (χ2v) is 11.2. The van der Waals surface area contributed by atoms with Crippen molar-refractivity contribution in [3.63, 3.8) is 0 Å². The van der Waals surface area contributed by atoms with Crippen LogP contribution in [0.15, 0.2) is 23.0 Å². The number of anilines is 2. The Kier molecular flexibility index (Phi) is 6.02. The van der Waals surface area contributed by atoms with Gasteiger partial charge < -0.3 is 19.4 Å². The normalized spacial score (nSPS) is 21.8. The first-order valence-corrected chi connectivity index (χ1v) is 13.6. The minimum Gasteiger partial charge on any atom is -0.450 e. The van der Waals surface area contributed by atoms with Crippen LogP contribution in [0.5, 0.6) is 0 Å². The summed E-state index contributed by atoms with van der Waals surface area (Å²) in [4.78, 5) is 40.2. The Hall–Kier alpha value is -2.87. The number of nitrogens with one attached hydrogen (secondary N) is 1. The molecule has 2 fully saturated rings. The molecule has 1 aliphatic carbocycles. The number of carbonyl (C=O) groups is 1. The van der Waals surface area contributed by atoms with E-state index < -0.39 is 5.60 Å². The lowest BCUT2D eigenvalue weighted by Crippen LogP contribution is -2.44. The molecule has 2 saturated heterocycles. The molecule has 0 radical (unpaired) electrons. The van der Waals surface area contributed by atoms with Gasteiger partial charge in [-0.25, -0.2) is 9.78 Å². The molecule has 3 aliphatic heterocycles. The molecule has 8 nitrogen and oxygen atoms in total. The number of nitrogens with zero attached hydrogens (tertiary/aromatic N) is 4. The fraction of sp³-hybridized carbons (Fsp3) is 0.607. The Morgan fingerprint density at radius 1 is 1.11 bits per heavy atom. The molecular weight excluding hydrogens is 454 g/mol. The Bertz CT molecular complexity index is 1210. The molecule has 6 rings (SSSR count). The highest BCUT2D eigenvalue weighted by Gasteiger charge is 2.47. The van der Waals surface area contributed by atoms with Crippen LogP contribution in [0.25, 0.3) is 0 Å². The number of hydrogen-bond acceptors (Lipinski definition) is 7. The van der Waals surface area contributed by atoms with Crippen molar-refractivity contribution >= 4 is 17.6 Å². The van der Waals surface area contributed by atoms with E-state index in [9.17, 15) is 9.59 Å². The molecule has 8 heteroatoms. The van der Waals surface area contributed by atoms with Gasteiger partial charge in [0.1, 0.15) is 5.60 Å². The van der Waals surface area contributed by atoms with E-state index in [0.717, 1.165) is 67.8 Å². The molecular formula is C28H37N5O3. The van der Waals surface area contributed by atoms with Crippen LogP contribution in [0.4, 0.5) is 11.6 Å². The fourth-order valence-electron chi connectivity index (χ4n) is 6.55. The summed E-state index contributed by atoms with van der Waals surface area (Å²) >= 11 is 0. The third-order valence-corrected chi connectivity index (χ3v) is 8.86. The number of carbonyl (C=O) groups excluding carboxylic acids is 1. The molecule has 192 valence electrons. The molecule has 36 heavy (non-hydrogen) atoms. The maximum atomic E-state index is 13.0. The second-order valence-electron chi connectivity index (χ2n) is 11.2. The van der Waals surface area contributed by atoms with Crippen LogP contribution in [-0.4, -0.2) is 67.7 Å². The molecule has 4 aliphatic rings. The zero-order valence-corrected chi connectivity index (χ0v) is 21.5. The third-order valence-electron chi connectivity index (χ3n) is 8.86. The maximum absolute atomic E-state index is 13.0. The Balaban J connectivity index is 1.16. The Morgan fingerprint density at radius 2 is 1.86 bits per heavy atom. The zero-order valence-electron chi connectivity index (χ0n) is 21.5. The van der Waals surface area contributed by atoms with Gasteiger partial charge in [0.05, 0.1) is 11.3 Å². The van der Waals surface area contributed by atoms with Gasteiger partial charge in [0.15, 0.2) is 0 Å². The van der Waals surface area contributed by atoms with E-state index >= 15 is 0 Å². The largest absolute Gasteiger partial charge is 0.450 e. The second kappa shape index (κ2) is 9.21. The van der Waals surface area contributed by atoms with Gasteiger partial charge in [0.2, 0.25) is 5.95 Å². The van der Waals surface area contributed by atoms with Crippen LogP contribution < -0.4 is 15.4 Å². The van der Waals surface area contributed by atoms with E-state index in [1.54, 1.807) is 0 Å². The first-order chi connectivity index (χ1) is 17.4. The zero-order chi connectivity index (χ0) is 24.9. The van der Waals surface area contributed by atoms with E-state index in [1.807, 2.05) is 6.07 Å². The van der Waals surface area contributed by atoms with Crippen LogP contribution in [0.2, 0.25) is 0 Å². The molecule has 0 unspecified atom stereocenters. The lowest BCUT2D eigenvalue weighted by molar-refractivity contribution is -0.0211. The molecule has 1 N–H and O–H groups in total. The summed E-state index contributed by atoms with van der Waals surface area (Å²) < 4.78 is 6.07. The number of aryl methyl sites for hydroxylation is 1. The number of piperidine rings is 2. The Labute approximate surface area is 212 Å². The lowest BCUT2D eigenvalue weighted by Gasteiger charge is -2.39. The number of aromatic amines is 1. The predicted octanol–water partition coefficient (Wildman–Crippen LogP) is 3.09. The number of likely N-dealkylation sites (tertiary alicyclic amines) is 1. The molecule has 4 heterocycles. The number of rotatable bonds is 4. The molecule has 1 aromatic heterocycles. The van der Waals surface area contributed by atoms with E-state index in [4.69, 9.17) is 9.72 Å². The molecule has 2 aromatic rings. The minimum atomic E-state index is -0.581. The van der Waals surface area contributed by atoms with Crippen molar-refractivity contribution in [2.75, 3.05) is 56.6 Å². The van der Waals surface area contributed by atoms with Crippen molar-refractivity contribution in [2.24, 2.45) is 5.92 Å². The van der Waals surface area contributed by atoms with E-state index in [-0.39, 0.29) is 11.5 Å². The van der Waals surface area contributed by atoms with Gasteiger partial charge in [-0.3, -0.25) is 9.78 Å². The first-order valence-electron chi connectivity index (χ1n) is 13.6. The smallest absolute Gasteiger partial charge is 0.339 e. The van der Waals surface area contributed by atoms with Gasteiger partial charge in [-0.15, -0.1) is 0 Å². The summed E-state index contributed by atoms with van der Waals surface area (Å²) in [5, 5.41) is 0. The van der Waals surface area contributed by atoms with Crippen molar-refractivity contribution in [3.05, 3.63) is 50.9 Å². The van der Waals surface area contributed by atoms with Crippen LogP contribution >= 0.6 is 0 Å². The third kappa shape index (κ3) is 4.19.